The molecule has 4 nitrogen and oxygen atoms in total. The van der Waals surface area contributed by atoms with E-state index in [1.54, 1.807) is 13.0 Å². The molecule has 0 amide bonds. The van der Waals surface area contributed by atoms with Crippen molar-refractivity contribution in [3.05, 3.63) is 35.7 Å². The Morgan fingerprint density at radius 1 is 1.50 bits per heavy atom. The molecule has 18 heavy (non-hydrogen) atoms. The van der Waals surface area contributed by atoms with Crippen molar-refractivity contribution < 1.29 is 12.8 Å². The molecule has 0 aliphatic heterocycles. The van der Waals surface area contributed by atoms with Crippen molar-refractivity contribution in [2.24, 2.45) is 0 Å². The minimum Gasteiger partial charge on any atom is -0.360 e. The first kappa shape index (κ1) is 14.7. The van der Waals surface area contributed by atoms with Crippen molar-refractivity contribution in [1.82, 2.24) is 5.23 Å². The third-order valence-corrected chi connectivity index (χ3v) is 2.98. The van der Waals surface area contributed by atoms with Crippen molar-refractivity contribution in [2.45, 2.75) is 13.0 Å². The summed E-state index contributed by atoms with van der Waals surface area (Å²) in [4.78, 5) is 0. The van der Waals surface area contributed by atoms with Gasteiger partial charge in [-0.25, -0.2) is 12.8 Å². The van der Waals surface area contributed by atoms with Crippen LogP contribution in [0.2, 0.25) is 0 Å². The van der Waals surface area contributed by atoms with Gasteiger partial charge in [0.05, 0.1) is 11.9 Å². The second kappa shape index (κ2) is 5.54. The molecule has 0 saturated carbocycles. The fourth-order valence-electron chi connectivity index (χ4n) is 1.45. The maximum atomic E-state index is 13.9. The Labute approximate surface area is 108 Å². The van der Waals surface area contributed by atoms with E-state index in [0.29, 0.717) is 11.1 Å². The molecule has 1 atom stereocenters. The molecule has 0 aromatic heterocycles. The van der Waals surface area contributed by atoms with Crippen LogP contribution >= 0.6 is 0 Å². The summed E-state index contributed by atoms with van der Waals surface area (Å²) in [6.45, 7) is 5.29. The van der Waals surface area contributed by atoms with Gasteiger partial charge in [0.2, 0.25) is 10.0 Å². The summed E-state index contributed by atoms with van der Waals surface area (Å²) in [5, 5.41) is 2.49. The smallest absolute Gasteiger partial charge is 0.229 e. The summed E-state index contributed by atoms with van der Waals surface area (Å²) < 4.78 is 38.3. The zero-order valence-corrected chi connectivity index (χ0v) is 11.0. The summed E-state index contributed by atoms with van der Waals surface area (Å²) in [5.41, 5.74) is 0.849. The molecule has 0 fully saturated rings. The lowest BCUT2D eigenvalue weighted by Gasteiger charge is -2.15. The maximum absolute atomic E-state index is 13.9. The lowest BCUT2D eigenvalue weighted by Crippen LogP contribution is -2.16. The van der Waals surface area contributed by atoms with E-state index in [1.807, 2.05) is 0 Å². The fourth-order valence-corrected chi connectivity index (χ4v) is 2.04. The van der Waals surface area contributed by atoms with E-state index in [2.05, 4.69) is 16.5 Å². The monoisotopic (exact) mass is 268 g/mol. The quantitative estimate of drug-likeness (QED) is 0.797. The Hall–Kier alpha value is -1.34. The standard InChI is InChI=1S/C11H14BFN2O2S/c1-4-8-5-9(7(2)14-12)6-10(13)11(8)15-18(3,16)17/h4-7,14-15H,1H2,2-3H3/t7-/m1/s1. The highest BCUT2D eigenvalue weighted by Crippen LogP contribution is 2.26. The molecule has 2 radical (unpaired) electrons. The molecule has 96 valence electrons. The first-order valence-corrected chi connectivity index (χ1v) is 7.07. The van der Waals surface area contributed by atoms with Crippen LogP contribution in [0.1, 0.15) is 24.1 Å². The lowest BCUT2D eigenvalue weighted by atomic mass is 10.0. The third-order valence-electron chi connectivity index (χ3n) is 2.40. The average Bonchev–Trinajstić information content (AvgIpc) is 2.28. The molecule has 1 aromatic carbocycles. The zero-order valence-electron chi connectivity index (χ0n) is 10.2. The van der Waals surface area contributed by atoms with E-state index in [1.165, 1.54) is 12.1 Å². The van der Waals surface area contributed by atoms with Gasteiger partial charge in [0, 0.05) is 11.6 Å². The highest BCUT2D eigenvalue weighted by molar-refractivity contribution is 7.92. The number of nitrogens with one attached hydrogen (secondary N) is 2. The maximum Gasteiger partial charge on any atom is 0.229 e. The largest absolute Gasteiger partial charge is 0.360 e. The number of benzene rings is 1. The molecular weight excluding hydrogens is 254 g/mol. The first-order chi connectivity index (χ1) is 8.28. The molecule has 0 heterocycles. The Morgan fingerprint density at radius 3 is 2.56 bits per heavy atom. The second-order valence-electron chi connectivity index (χ2n) is 3.93. The van der Waals surface area contributed by atoms with E-state index in [-0.39, 0.29) is 11.7 Å². The number of halogens is 1. The molecular formula is C11H14BFN2O2S. The highest BCUT2D eigenvalue weighted by atomic mass is 32.2. The lowest BCUT2D eigenvalue weighted by molar-refractivity contribution is 0.602. The molecule has 2 N–H and O–H groups in total. The Bertz CT molecular complexity index is 560. The predicted molar refractivity (Wildman–Crippen MR) is 72.3 cm³/mol. The van der Waals surface area contributed by atoms with Crippen LogP contribution in [-0.4, -0.2) is 22.7 Å². The van der Waals surface area contributed by atoms with Crippen molar-refractivity contribution >= 4 is 29.8 Å². The van der Waals surface area contributed by atoms with E-state index in [0.717, 1.165) is 6.26 Å². The number of rotatable bonds is 5. The minimum atomic E-state index is -3.55. The van der Waals surface area contributed by atoms with Gasteiger partial charge in [0.25, 0.3) is 0 Å². The van der Waals surface area contributed by atoms with E-state index >= 15 is 0 Å². The van der Waals surface area contributed by atoms with Crippen LogP contribution in [0.5, 0.6) is 0 Å². The van der Waals surface area contributed by atoms with Crippen LogP contribution in [0.3, 0.4) is 0 Å². The average molecular weight is 268 g/mol. The molecule has 0 unspecified atom stereocenters. The topological polar surface area (TPSA) is 58.2 Å². The summed E-state index contributed by atoms with van der Waals surface area (Å²) in [5.74, 6) is -0.671. The van der Waals surface area contributed by atoms with Gasteiger partial charge in [-0.3, -0.25) is 4.72 Å². The third kappa shape index (κ3) is 3.58. The van der Waals surface area contributed by atoms with E-state index in [9.17, 15) is 12.8 Å². The number of sulfonamides is 1. The summed E-state index contributed by atoms with van der Waals surface area (Å²) in [6.07, 6.45) is 2.33. The summed E-state index contributed by atoms with van der Waals surface area (Å²) in [7, 11) is 1.73. The van der Waals surface area contributed by atoms with Crippen molar-refractivity contribution in [3.63, 3.8) is 0 Å². The van der Waals surface area contributed by atoms with Crippen molar-refractivity contribution in [3.8, 4) is 0 Å². The van der Waals surface area contributed by atoms with Gasteiger partial charge in [-0.15, -0.1) is 0 Å². The first-order valence-electron chi connectivity index (χ1n) is 5.18. The summed E-state index contributed by atoms with van der Waals surface area (Å²) in [6, 6.07) is 2.59. The van der Waals surface area contributed by atoms with Crippen molar-refractivity contribution in [2.75, 3.05) is 11.0 Å². The van der Waals surface area contributed by atoms with E-state index < -0.39 is 15.8 Å². The second-order valence-corrected chi connectivity index (χ2v) is 5.68. The van der Waals surface area contributed by atoms with Crippen molar-refractivity contribution in [1.29, 1.82) is 0 Å². The fraction of sp³-hybridized carbons (Fsp3) is 0.273. The normalized spacial score (nSPS) is 13.1. The number of hydrogen-bond acceptors (Lipinski definition) is 3. The Balaban J connectivity index is 3.33. The molecule has 0 saturated heterocycles. The van der Waals surface area contributed by atoms with Gasteiger partial charge in [-0.2, -0.15) is 0 Å². The molecule has 0 aliphatic carbocycles. The number of anilines is 1. The van der Waals surface area contributed by atoms with E-state index in [4.69, 9.17) is 7.98 Å². The minimum absolute atomic E-state index is 0.111. The van der Waals surface area contributed by atoms with Crippen LogP contribution in [0.4, 0.5) is 10.1 Å². The summed E-state index contributed by atoms with van der Waals surface area (Å²) >= 11 is 0. The van der Waals surface area contributed by atoms with Crippen LogP contribution < -0.4 is 9.95 Å². The van der Waals surface area contributed by atoms with Crippen LogP contribution in [0.15, 0.2) is 18.7 Å². The number of hydrogen-bond donors (Lipinski definition) is 2. The molecule has 1 aromatic rings. The van der Waals surface area contributed by atoms with Gasteiger partial charge < -0.3 is 5.23 Å². The molecule has 7 heteroatoms. The SMILES string of the molecule is [B]N[C@H](C)c1cc(F)c(NS(C)(=O)=O)c(C=C)c1. The van der Waals surface area contributed by atoms with Gasteiger partial charge in [0.1, 0.15) is 5.82 Å². The van der Waals surface area contributed by atoms with Crippen LogP contribution in [0, 0.1) is 5.82 Å². The Kier molecular flexibility index (Phi) is 4.53. The Morgan fingerprint density at radius 2 is 2.11 bits per heavy atom. The molecule has 0 aliphatic rings. The molecule has 1 rings (SSSR count). The van der Waals surface area contributed by atoms with Crippen LogP contribution in [-0.2, 0) is 10.0 Å². The van der Waals surface area contributed by atoms with Gasteiger partial charge in [0.15, 0.2) is 7.98 Å². The van der Waals surface area contributed by atoms with Gasteiger partial charge >= 0.3 is 0 Å². The van der Waals surface area contributed by atoms with Gasteiger partial charge in [-0.05, 0) is 24.6 Å². The molecule has 0 spiro atoms. The highest BCUT2D eigenvalue weighted by Gasteiger charge is 2.14. The predicted octanol–water partition coefficient (Wildman–Crippen LogP) is 1.57. The zero-order chi connectivity index (χ0) is 13.9. The van der Waals surface area contributed by atoms with Gasteiger partial charge in [-0.1, -0.05) is 12.7 Å². The van der Waals surface area contributed by atoms with Crippen LogP contribution in [0.25, 0.3) is 6.08 Å². The molecule has 0 bridgehead atoms.